The number of amides is 1. The highest BCUT2D eigenvalue weighted by Crippen LogP contribution is 2.30. The first-order valence-corrected chi connectivity index (χ1v) is 7.19. The van der Waals surface area contributed by atoms with Gasteiger partial charge in [-0.1, -0.05) is 5.16 Å². The van der Waals surface area contributed by atoms with E-state index >= 15 is 0 Å². The average Bonchev–Trinajstić information content (AvgIpc) is 2.85. The van der Waals surface area contributed by atoms with Crippen LogP contribution in [0.1, 0.15) is 36.3 Å². The van der Waals surface area contributed by atoms with E-state index in [2.05, 4.69) is 15.4 Å². The fraction of sp³-hybridized carbons (Fsp3) is 0.714. The van der Waals surface area contributed by atoms with Gasteiger partial charge in [0, 0.05) is 25.1 Å². The van der Waals surface area contributed by atoms with Gasteiger partial charge < -0.3 is 14.6 Å². The van der Waals surface area contributed by atoms with Gasteiger partial charge in [-0.05, 0) is 33.2 Å². The number of alkyl carbamates (subject to hydrolysis) is 1. The molecule has 6 nitrogen and oxygen atoms in total. The topological polar surface area (TPSA) is 67.6 Å². The fourth-order valence-electron chi connectivity index (χ4n) is 3.11. The Kier molecular flexibility index (Phi) is 3.41. The molecule has 2 fully saturated rings. The van der Waals surface area contributed by atoms with E-state index in [1.807, 2.05) is 13.8 Å². The van der Waals surface area contributed by atoms with Gasteiger partial charge in [0.05, 0.1) is 12.2 Å². The van der Waals surface area contributed by atoms with Crippen molar-refractivity contribution in [1.82, 2.24) is 15.4 Å². The van der Waals surface area contributed by atoms with Gasteiger partial charge in [-0.25, -0.2) is 4.79 Å². The van der Waals surface area contributed by atoms with Crippen LogP contribution >= 0.6 is 0 Å². The minimum absolute atomic E-state index is 0.274. The van der Waals surface area contributed by atoms with Crippen molar-refractivity contribution in [2.75, 3.05) is 19.6 Å². The van der Waals surface area contributed by atoms with Crippen molar-refractivity contribution in [3.63, 3.8) is 0 Å². The van der Waals surface area contributed by atoms with Gasteiger partial charge >= 0.3 is 6.09 Å². The highest BCUT2D eigenvalue weighted by Gasteiger charge is 2.41. The lowest BCUT2D eigenvalue weighted by molar-refractivity contribution is 0.0443. The summed E-state index contributed by atoms with van der Waals surface area (Å²) in [4.78, 5) is 13.7. The minimum atomic E-state index is -0.287. The van der Waals surface area contributed by atoms with Gasteiger partial charge in [-0.2, -0.15) is 0 Å². The molecule has 6 heteroatoms. The normalized spacial score (nSPS) is 27.4. The van der Waals surface area contributed by atoms with E-state index < -0.39 is 0 Å². The molecular weight excluding hydrogens is 258 g/mol. The van der Waals surface area contributed by atoms with Crippen molar-refractivity contribution >= 4 is 6.09 Å². The number of likely N-dealkylation sites (tertiary alicyclic amines) is 1. The van der Waals surface area contributed by atoms with E-state index in [9.17, 15) is 4.79 Å². The van der Waals surface area contributed by atoms with Crippen LogP contribution in [0, 0.1) is 13.8 Å². The summed E-state index contributed by atoms with van der Waals surface area (Å²) in [6, 6.07) is 0. The number of carbonyl (C=O) groups excluding carboxylic acids is 1. The monoisotopic (exact) mass is 279 g/mol. The number of ether oxygens (including phenoxy) is 1. The molecule has 2 aliphatic rings. The van der Waals surface area contributed by atoms with Crippen LogP contribution in [0.25, 0.3) is 0 Å². The molecule has 0 aliphatic carbocycles. The number of carbonyl (C=O) groups is 1. The zero-order valence-electron chi connectivity index (χ0n) is 12.1. The Hall–Kier alpha value is -1.56. The van der Waals surface area contributed by atoms with Crippen molar-refractivity contribution in [3.8, 4) is 0 Å². The Morgan fingerprint density at radius 3 is 2.85 bits per heavy atom. The molecule has 20 heavy (non-hydrogen) atoms. The van der Waals surface area contributed by atoms with E-state index in [1.165, 1.54) is 5.56 Å². The third-order valence-electron chi connectivity index (χ3n) is 4.42. The molecule has 0 radical (unpaired) electrons. The number of hydrogen-bond acceptors (Lipinski definition) is 5. The van der Waals surface area contributed by atoms with Crippen LogP contribution < -0.4 is 5.32 Å². The molecule has 3 rings (SSSR count). The Balaban J connectivity index is 1.65. The molecule has 0 saturated carbocycles. The summed E-state index contributed by atoms with van der Waals surface area (Å²) in [5.74, 6) is 0.899. The molecule has 1 amide bonds. The van der Waals surface area contributed by atoms with E-state index in [1.54, 1.807) is 0 Å². The molecule has 2 aliphatic heterocycles. The molecule has 3 heterocycles. The average molecular weight is 279 g/mol. The number of nitrogens with zero attached hydrogens (tertiary/aromatic N) is 2. The Bertz CT molecular complexity index is 494. The summed E-state index contributed by atoms with van der Waals surface area (Å²) in [5, 5.41) is 6.79. The second-order valence-corrected chi connectivity index (χ2v) is 5.86. The quantitative estimate of drug-likeness (QED) is 0.893. The SMILES string of the molecule is Cc1noc(C)c1CN1CCC[C@@]2(CC1)CNC(=O)O2. The summed E-state index contributed by atoms with van der Waals surface area (Å²) in [5.41, 5.74) is 1.86. The second-order valence-electron chi connectivity index (χ2n) is 5.86. The first-order valence-electron chi connectivity index (χ1n) is 7.19. The predicted molar refractivity (Wildman–Crippen MR) is 72.3 cm³/mol. The summed E-state index contributed by atoms with van der Waals surface area (Å²) in [7, 11) is 0. The second kappa shape index (κ2) is 5.09. The fourth-order valence-corrected chi connectivity index (χ4v) is 3.11. The zero-order chi connectivity index (χ0) is 14.2. The lowest BCUT2D eigenvalue weighted by atomic mass is 9.95. The zero-order valence-corrected chi connectivity index (χ0v) is 12.1. The number of aryl methyl sites for hydroxylation is 2. The Morgan fingerprint density at radius 1 is 1.35 bits per heavy atom. The number of rotatable bonds is 2. The maximum atomic E-state index is 11.3. The Morgan fingerprint density at radius 2 is 2.20 bits per heavy atom. The lowest BCUT2D eigenvalue weighted by Gasteiger charge is -2.24. The van der Waals surface area contributed by atoms with Crippen LogP contribution in [-0.2, 0) is 11.3 Å². The molecule has 110 valence electrons. The van der Waals surface area contributed by atoms with Crippen LogP contribution in [0.5, 0.6) is 0 Å². The van der Waals surface area contributed by atoms with Crippen molar-refractivity contribution in [2.24, 2.45) is 0 Å². The summed E-state index contributed by atoms with van der Waals surface area (Å²) in [6.07, 6.45) is 2.58. The molecule has 1 aromatic rings. The molecule has 0 unspecified atom stereocenters. The van der Waals surface area contributed by atoms with E-state index in [0.717, 1.165) is 50.4 Å². The maximum Gasteiger partial charge on any atom is 0.407 e. The minimum Gasteiger partial charge on any atom is -0.441 e. The standard InChI is InChI=1S/C14H21N3O3/c1-10-12(11(2)20-16-10)8-17-6-3-4-14(5-7-17)9-15-13(18)19-14/h3-9H2,1-2H3,(H,15,18)/t14-/m1/s1. The number of hydrogen-bond donors (Lipinski definition) is 1. The summed E-state index contributed by atoms with van der Waals surface area (Å²) < 4.78 is 10.7. The molecule has 0 aromatic carbocycles. The van der Waals surface area contributed by atoms with Crippen LogP contribution in [0.15, 0.2) is 4.52 Å². The first kappa shape index (κ1) is 13.4. The van der Waals surface area contributed by atoms with Crippen molar-refractivity contribution in [3.05, 3.63) is 17.0 Å². The molecule has 0 bridgehead atoms. The van der Waals surface area contributed by atoms with E-state index in [4.69, 9.17) is 9.26 Å². The largest absolute Gasteiger partial charge is 0.441 e. The van der Waals surface area contributed by atoms with Crippen LogP contribution in [0.4, 0.5) is 4.79 Å². The molecule has 1 aromatic heterocycles. The third kappa shape index (κ3) is 2.52. The maximum absolute atomic E-state index is 11.3. The molecule has 2 saturated heterocycles. The molecular formula is C14H21N3O3. The highest BCUT2D eigenvalue weighted by molar-refractivity contribution is 5.70. The van der Waals surface area contributed by atoms with Gasteiger partial charge in [0.1, 0.15) is 11.4 Å². The first-order chi connectivity index (χ1) is 9.58. The third-order valence-corrected chi connectivity index (χ3v) is 4.42. The highest BCUT2D eigenvalue weighted by atomic mass is 16.6. The molecule has 1 spiro atoms. The molecule has 1 N–H and O–H groups in total. The summed E-state index contributed by atoms with van der Waals surface area (Å²) >= 11 is 0. The number of nitrogens with one attached hydrogen (secondary N) is 1. The Labute approximate surface area is 118 Å². The smallest absolute Gasteiger partial charge is 0.407 e. The van der Waals surface area contributed by atoms with Crippen LogP contribution in [0.2, 0.25) is 0 Å². The lowest BCUT2D eigenvalue weighted by Crippen LogP contribution is -2.34. The van der Waals surface area contributed by atoms with Gasteiger partial charge in [-0.15, -0.1) is 0 Å². The van der Waals surface area contributed by atoms with Crippen molar-refractivity contribution in [1.29, 1.82) is 0 Å². The van der Waals surface area contributed by atoms with Gasteiger partial charge in [-0.3, -0.25) is 4.90 Å². The van der Waals surface area contributed by atoms with Gasteiger partial charge in [0.15, 0.2) is 0 Å². The van der Waals surface area contributed by atoms with Crippen LogP contribution in [-0.4, -0.2) is 41.4 Å². The molecule has 1 atom stereocenters. The van der Waals surface area contributed by atoms with E-state index in [-0.39, 0.29) is 11.7 Å². The summed E-state index contributed by atoms with van der Waals surface area (Å²) in [6.45, 7) is 7.39. The number of aromatic nitrogens is 1. The van der Waals surface area contributed by atoms with Gasteiger partial charge in [0.2, 0.25) is 0 Å². The predicted octanol–water partition coefficient (Wildman–Crippen LogP) is 1.76. The van der Waals surface area contributed by atoms with Gasteiger partial charge in [0.25, 0.3) is 0 Å². The van der Waals surface area contributed by atoms with Crippen molar-refractivity contribution in [2.45, 2.75) is 45.3 Å². The van der Waals surface area contributed by atoms with Crippen molar-refractivity contribution < 1.29 is 14.1 Å². The van der Waals surface area contributed by atoms with Crippen LogP contribution in [0.3, 0.4) is 0 Å². The van der Waals surface area contributed by atoms with E-state index in [0.29, 0.717) is 6.54 Å².